The van der Waals surface area contributed by atoms with Crippen LogP contribution in [-0.4, -0.2) is 28.9 Å². The van der Waals surface area contributed by atoms with E-state index < -0.39 is 5.41 Å². The molecule has 3 heterocycles. The van der Waals surface area contributed by atoms with E-state index in [1.165, 1.54) is 4.70 Å². The number of rotatable bonds is 1. The molecule has 27 heavy (non-hydrogen) atoms. The van der Waals surface area contributed by atoms with Crippen molar-refractivity contribution in [1.29, 1.82) is 5.26 Å². The Bertz CT molecular complexity index is 1130. The third-order valence-electron chi connectivity index (χ3n) is 5.69. The van der Waals surface area contributed by atoms with Crippen molar-refractivity contribution in [2.24, 2.45) is 5.41 Å². The second kappa shape index (κ2) is 5.80. The van der Waals surface area contributed by atoms with Gasteiger partial charge in [0.25, 0.3) is 0 Å². The summed E-state index contributed by atoms with van der Waals surface area (Å²) in [6, 6.07) is 12.6. The minimum Gasteiger partial charge on any atom is -0.325 e. The van der Waals surface area contributed by atoms with Crippen molar-refractivity contribution in [2.45, 2.75) is 19.8 Å². The number of aryl methyl sites for hydroxylation is 1. The summed E-state index contributed by atoms with van der Waals surface area (Å²) >= 11 is 1.70. The van der Waals surface area contributed by atoms with Gasteiger partial charge in [-0.25, -0.2) is 4.98 Å². The summed E-state index contributed by atoms with van der Waals surface area (Å²) in [6.45, 7) is 3.19. The van der Waals surface area contributed by atoms with E-state index in [4.69, 9.17) is 5.26 Å². The number of nitrogens with one attached hydrogen (secondary N) is 1. The first-order chi connectivity index (χ1) is 13.1. The van der Waals surface area contributed by atoms with Crippen molar-refractivity contribution in [1.82, 2.24) is 9.88 Å². The summed E-state index contributed by atoms with van der Waals surface area (Å²) in [4.78, 5) is 19.1. The van der Waals surface area contributed by atoms with Crippen molar-refractivity contribution in [3.63, 3.8) is 0 Å². The zero-order chi connectivity index (χ0) is 18.6. The molecular weight excluding hydrogens is 356 g/mol. The van der Waals surface area contributed by atoms with E-state index in [-0.39, 0.29) is 5.91 Å². The van der Waals surface area contributed by atoms with Crippen LogP contribution in [0, 0.1) is 23.8 Å². The number of carbonyl (C=O) groups excluding carboxylic acids is 1. The first kappa shape index (κ1) is 16.3. The number of hydrogen-bond acceptors (Lipinski definition) is 5. The summed E-state index contributed by atoms with van der Waals surface area (Å²) in [6.07, 6.45) is 3.60. The highest BCUT2D eigenvalue weighted by molar-refractivity contribution is 7.18. The van der Waals surface area contributed by atoms with Gasteiger partial charge in [0, 0.05) is 18.8 Å². The summed E-state index contributed by atoms with van der Waals surface area (Å²) in [7, 11) is 0. The smallest absolute Gasteiger partial charge is 0.232 e. The van der Waals surface area contributed by atoms with Gasteiger partial charge in [0.05, 0.1) is 20.6 Å². The van der Waals surface area contributed by atoms with Gasteiger partial charge in [0.2, 0.25) is 5.91 Å². The van der Waals surface area contributed by atoms with E-state index in [0.29, 0.717) is 19.5 Å². The van der Waals surface area contributed by atoms with Crippen LogP contribution in [0.2, 0.25) is 0 Å². The predicted octanol–water partition coefficient (Wildman–Crippen LogP) is 3.94. The van der Waals surface area contributed by atoms with Crippen LogP contribution in [0.25, 0.3) is 21.3 Å². The van der Waals surface area contributed by atoms with Gasteiger partial charge in [-0.15, -0.1) is 11.3 Å². The molecule has 2 aromatic carbocycles. The molecule has 1 fully saturated rings. The number of aromatic nitrogens is 1. The van der Waals surface area contributed by atoms with Crippen molar-refractivity contribution in [2.75, 3.05) is 18.4 Å². The fourth-order valence-corrected chi connectivity index (χ4v) is 5.04. The fraction of sp³-hybridized carbons (Fsp3) is 0.286. The van der Waals surface area contributed by atoms with Gasteiger partial charge in [-0.3, -0.25) is 4.79 Å². The number of likely N-dealkylation sites (tertiary alicyclic amines) is 1. The highest BCUT2D eigenvalue weighted by atomic mass is 32.1. The molecule has 0 aliphatic carbocycles. The predicted molar refractivity (Wildman–Crippen MR) is 106 cm³/mol. The largest absolute Gasteiger partial charge is 0.325 e. The first-order valence-corrected chi connectivity index (χ1v) is 9.85. The van der Waals surface area contributed by atoms with Crippen molar-refractivity contribution >= 4 is 33.1 Å². The number of hydrogen-bond donors (Lipinski definition) is 1. The molecule has 1 atom stereocenters. The minimum atomic E-state index is -0.471. The zero-order valence-corrected chi connectivity index (χ0v) is 15.8. The maximum absolute atomic E-state index is 12.8. The molecule has 134 valence electrons. The van der Waals surface area contributed by atoms with Crippen LogP contribution >= 0.6 is 11.3 Å². The molecule has 1 spiro atoms. The molecule has 1 N–H and O–H groups in total. The summed E-state index contributed by atoms with van der Waals surface area (Å²) in [5.41, 5.74) is 4.74. The number of anilines is 1. The Balaban J connectivity index is 1.50. The lowest BCUT2D eigenvalue weighted by atomic mass is 9.76. The van der Waals surface area contributed by atoms with Gasteiger partial charge in [-0.05, 0) is 54.7 Å². The van der Waals surface area contributed by atoms with E-state index in [0.717, 1.165) is 39.3 Å². The lowest BCUT2D eigenvalue weighted by Crippen LogP contribution is -2.43. The Morgan fingerprint density at radius 2 is 2.07 bits per heavy atom. The van der Waals surface area contributed by atoms with Crippen molar-refractivity contribution in [3.8, 4) is 17.3 Å². The Labute approximate surface area is 161 Å². The van der Waals surface area contributed by atoms with E-state index in [2.05, 4.69) is 52.9 Å². The SMILES string of the molecule is Cc1nc2cc(-c3ccc4c(c3)NC(=O)C3(CCN(C#N)C3)C4)ccc2s1. The van der Waals surface area contributed by atoms with Crippen LogP contribution in [0.4, 0.5) is 5.69 Å². The molecule has 1 amide bonds. The van der Waals surface area contributed by atoms with E-state index in [1.807, 2.05) is 6.92 Å². The average Bonchev–Trinajstić information content (AvgIpc) is 3.25. The van der Waals surface area contributed by atoms with Gasteiger partial charge >= 0.3 is 0 Å². The van der Waals surface area contributed by atoms with Crippen LogP contribution in [0.3, 0.4) is 0 Å². The molecule has 1 aromatic heterocycles. The number of thiazole rings is 1. The second-order valence-corrected chi connectivity index (χ2v) is 8.70. The highest BCUT2D eigenvalue weighted by Gasteiger charge is 2.47. The molecule has 1 unspecified atom stereocenters. The fourth-order valence-electron chi connectivity index (χ4n) is 4.24. The molecule has 0 radical (unpaired) electrons. The van der Waals surface area contributed by atoms with Gasteiger partial charge in [-0.2, -0.15) is 5.26 Å². The molecule has 1 saturated heterocycles. The Morgan fingerprint density at radius 3 is 2.89 bits per heavy atom. The molecule has 2 aliphatic heterocycles. The van der Waals surface area contributed by atoms with Crippen molar-refractivity contribution in [3.05, 3.63) is 47.0 Å². The Morgan fingerprint density at radius 1 is 1.26 bits per heavy atom. The van der Waals surface area contributed by atoms with Crippen LogP contribution in [0.5, 0.6) is 0 Å². The summed E-state index contributed by atoms with van der Waals surface area (Å²) in [5, 5.41) is 13.3. The molecule has 2 aliphatic rings. The maximum Gasteiger partial charge on any atom is 0.232 e. The van der Waals surface area contributed by atoms with Crippen molar-refractivity contribution < 1.29 is 4.79 Å². The normalized spacial score (nSPS) is 21.3. The van der Waals surface area contributed by atoms with Gasteiger partial charge in [-0.1, -0.05) is 18.2 Å². The number of amides is 1. The standard InChI is InChI=1S/C21H18N4OS/c1-13-23-18-9-15(4-5-19(18)27-13)14-2-3-16-10-21(6-7-25(11-21)12-22)20(26)24-17(16)8-14/h2-5,8-9H,6-7,10-11H2,1H3,(H,24,26). The third-order valence-corrected chi connectivity index (χ3v) is 6.64. The van der Waals surface area contributed by atoms with Gasteiger partial charge < -0.3 is 10.2 Å². The molecule has 3 aromatic rings. The number of nitriles is 1. The number of fused-ring (bicyclic) bond motifs is 2. The average molecular weight is 374 g/mol. The topological polar surface area (TPSA) is 69.0 Å². The molecular formula is C21H18N4OS. The lowest BCUT2D eigenvalue weighted by Gasteiger charge is -2.33. The summed E-state index contributed by atoms with van der Waals surface area (Å²) in [5.74, 6) is 0.0375. The quantitative estimate of drug-likeness (QED) is 0.655. The zero-order valence-electron chi connectivity index (χ0n) is 15.0. The lowest BCUT2D eigenvalue weighted by molar-refractivity contribution is -0.125. The van der Waals surface area contributed by atoms with Crippen LogP contribution in [0.15, 0.2) is 36.4 Å². The molecule has 5 nitrogen and oxygen atoms in total. The van der Waals surface area contributed by atoms with Gasteiger partial charge in [0.1, 0.15) is 0 Å². The molecule has 5 rings (SSSR count). The minimum absolute atomic E-state index is 0.0375. The van der Waals surface area contributed by atoms with Crippen LogP contribution < -0.4 is 5.32 Å². The molecule has 0 saturated carbocycles. The van der Waals surface area contributed by atoms with E-state index >= 15 is 0 Å². The second-order valence-electron chi connectivity index (χ2n) is 7.47. The number of benzene rings is 2. The first-order valence-electron chi connectivity index (χ1n) is 9.03. The maximum atomic E-state index is 12.8. The van der Waals surface area contributed by atoms with Crippen LogP contribution in [-0.2, 0) is 11.2 Å². The Hall–Kier alpha value is -2.91. The van der Waals surface area contributed by atoms with E-state index in [1.54, 1.807) is 16.2 Å². The monoisotopic (exact) mass is 374 g/mol. The molecule has 6 heteroatoms. The van der Waals surface area contributed by atoms with E-state index in [9.17, 15) is 4.79 Å². The van der Waals surface area contributed by atoms with Gasteiger partial charge in [0.15, 0.2) is 6.19 Å². The summed E-state index contributed by atoms with van der Waals surface area (Å²) < 4.78 is 1.19. The highest BCUT2D eigenvalue weighted by Crippen LogP contribution is 2.42. The number of nitrogens with zero attached hydrogens (tertiary/aromatic N) is 3. The third kappa shape index (κ3) is 2.58. The number of carbonyl (C=O) groups is 1. The van der Waals surface area contributed by atoms with Crippen LogP contribution in [0.1, 0.15) is 17.0 Å². The Kier molecular flexibility index (Phi) is 3.49. The molecule has 0 bridgehead atoms.